The van der Waals surface area contributed by atoms with E-state index in [2.05, 4.69) is 11.2 Å². The molecule has 6 nitrogen and oxygen atoms in total. The van der Waals surface area contributed by atoms with Gasteiger partial charge in [0.2, 0.25) is 0 Å². The number of carbonyl (C=O) groups is 1. The van der Waals surface area contributed by atoms with E-state index in [1.807, 2.05) is 0 Å². The van der Waals surface area contributed by atoms with Gasteiger partial charge in [-0.15, -0.1) is 6.42 Å². The minimum Gasteiger partial charge on any atom is -0.496 e. The van der Waals surface area contributed by atoms with E-state index in [-0.39, 0.29) is 6.54 Å². The Balaban J connectivity index is 3.40. The second-order valence-corrected chi connectivity index (χ2v) is 3.99. The second kappa shape index (κ2) is 8.02. The molecule has 0 saturated carbocycles. The molecule has 0 spiro atoms. The van der Waals surface area contributed by atoms with E-state index in [1.165, 1.54) is 28.4 Å². The summed E-state index contributed by atoms with van der Waals surface area (Å²) in [6, 6.07) is 2.51. The highest BCUT2D eigenvalue weighted by Gasteiger charge is 2.28. The maximum atomic E-state index is 12.0. The third kappa shape index (κ3) is 3.80. The summed E-state index contributed by atoms with van der Waals surface area (Å²) in [5.74, 6) is 3.35. The Kier molecular flexibility index (Phi) is 6.37. The smallest absolute Gasteiger partial charge is 0.327 e. The Morgan fingerprint density at radius 3 is 2.14 bits per heavy atom. The van der Waals surface area contributed by atoms with Gasteiger partial charge < -0.3 is 18.9 Å². The number of ether oxygens (including phenoxy) is 4. The highest BCUT2D eigenvalue weighted by Crippen LogP contribution is 2.38. The Morgan fingerprint density at radius 2 is 1.76 bits per heavy atom. The Labute approximate surface area is 124 Å². The zero-order valence-electron chi connectivity index (χ0n) is 12.6. The van der Waals surface area contributed by atoms with Crippen LogP contribution in [0.3, 0.4) is 0 Å². The molecule has 0 aromatic heterocycles. The van der Waals surface area contributed by atoms with Crippen LogP contribution >= 0.6 is 0 Å². The summed E-state index contributed by atoms with van der Waals surface area (Å²) in [6.07, 6.45) is 5.24. The number of rotatable bonds is 7. The highest BCUT2D eigenvalue weighted by atomic mass is 16.5. The van der Waals surface area contributed by atoms with E-state index < -0.39 is 12.0 Å². The van der Waals surface area contributed by atoms with Crippen LogP contribution in [0.2, 0.25) is 0 Å². The van der Waals surface area contributed by atoms with Gasteiger partial charge in [-0.2, -0.15) is 0 Å². The molecule has 0 saturated heterocycles. The molecule has 1 unspecified atom stereocenters. The van der Waals surface area contributed by atoms with Crippen molar-refractivity contribution in [2.24, 2.45) is 0 Å². The number of methoxy groups -OCH3 is 4. The van der Waals surface area contributed by atoms with Gasteiger partial charge in [0.05, 0.1) is 40.5 Å². The summed E-state index contributed by atoms with van der Waals surface area (Å²) in [5.41, 5.74) is 0.503. The van der Waals surface area contributed by atoms with Gasteiger partial charge in [-0.1, -0.05) is 5.92 Å². The molecular weight excluding hydrogens is 274 g/mol. The molecule has 1 atom stereocenters. The second-order valence-electron chi connectivity index (χ2n) is 3.99. The molecule has 21 heavy (non-hydrogen) atoms. The maximum absolute atomic E-state index is 12.0. The molecular formula is C15H19NO5. The van der Waals surface area contributed by atoms with Crippen molar-refractivity contribution in [2.45, 2.75) is 6.04 Å². The van der Waals surface area contributed by atoms with E-state index in [0.29, 0.717) is 22.8 Å². The van der Waals surface area contributed by atoms with Crippen LogP contribution < -0.4 is 19.5 Å². The molecule has 0 aliphatic carbocycles. The number of hydrogen-bond acceptors (Lipinski definition) is 6. The predicted molar refractivity (Wildman–Crippen MR) is 77.7 cm³/mol. The molecule has 0 aliphatic heterocycles. The standard InChI is InChI=1S/C15H19NO5/c1-6-7-16-14(15(17)21-5)13-11(19-3)8-10(18-2)9-12(13)20-4/h1,8-9,14,16H,7H2,2-5H3. The van der Waals surface area contributed by atoms with Gasteiger partial charge in [-0.3, -0.25) is 5.32 Å². The van der Waals surface area contributed by atoms with Crippen molar-refractivity contribution in [3.63, 3.8) is 0 Å². The van der Waals surface area contributed by atoms with Gasteiger partial charge in [0.15, 0.2) is 0 Å². The maximum Gasteiger partial charge on any atom is 0.327 e. The molecule has 0 fully saturated rings. The first-order valence-corrected chi connectivity index (χ1v) is 6.17. The summed E-state index contributed by atoms with van der Waals surface area (Å²) in [5, 5.41) is 2.91. The lowest BCUT2D eigenvalue weighted by Gasteiger charge is -2.21. The fourth-order valence-electron chi connectivity index (χ4n) is 1.90. The summed E-state index contributed by atoms with van der Waals surface area (Å²) in [4.78, 5) is 12.0. The van der Waals surface area contributed by atoms with Crippen molar-refractivity contribution in [3.05, 3.63) is 17.7 Å². The fourth-order valence-corrected chi connectivity index (χ4v) is 1.90. The minimum atomic E-state index is -0.804. The molecule has 1 N–H and O–H groups in total. The van der Waals surface area contributed by atoms with Crippen LogP contribution in [0.4, 0.5) is 0 Å². The lowest BCUT2D eigenvalue weighted by molar-refractivity contribution is -0.143. The summed E-state index contributed by atoms with van der Waals surface area (Å²) in [7, 11) is 5.82. The largest absolute Gasteiger partial charge is 0.496 e. The number of benzene rings is 1. The number of terminal acetylenes is 1. The third-order valence-corrected chi connectivity index (χ3v) is 2.89. The van der Waals surface area contributed by atoms with Gasteiger partial charge in [-0.05, 0) is 0 Å². The number of carbonyl (C=O) groups excluding carboxylic acids is 1. The number of esters is 1. The van der Waals surface area contributed by atoms with Crippen molar-refractivity contribution in [3.8, 4) is 29.6 Å². The molecule has 0 aliphatic rings. The normalized spacial score (nSPS) is 11.2. The van der Waals surface area contributed by atoms with Crippen LogP contribution in [-0.4, -0.2) is 41.0 Å². The van der Waals surface area contributed by atoms with Gasteiger partial charge >= 0.3 is 5.97 Å². The van der Waals surface area contributed by atoms with Crippen molar-refractivity contribution < 1.29 is 23.7 Å². The lowest BCUT2D eigenvalue weighted by atomic mass is 10.0. The molecule has 0 radical (unpaired) electrons. The van der Waals surface area contributed by atoms with Crippen LogP contribution in [0, 0.1) is 12.3 Å². The van der Waals surface area contributed by atoms with E-state index in [4.69, 9.17) is 25.4 Å². The van der Waals surface area contributed by atoms with Gasteiger partial charge in [0, 0.05) is 12.1 Å². The summed E-state index contributed by atoms with van der Waals surface area (Å²) in [6.45, 7) is 0.193. The topological polar surface area (TPSA) is 66.0 Å². The monoisotopic (exact) mass is 293 g/mol. The van der Waals surface area contributed by atoms with Crippen LogP contribution in [-0.2, 0) is 9.53 Å². The average Bonchev–Trinajstić information content (AvgIpc) is 2.54. The molecule has 1 aromatic carbocycles. The Morgan fingerprint density at radius 1 is 1.19 bits per heavy atom. The van der Waals surface area contributed by atoms with Crippen LogP contribution in [0.5, 0.6) is 17.2 Å². The third-order valence-electron chi connectivity index (χ3n) is 2.89. The van der Waals surface area contributed by atoms with Gasteiger partial charge in [0.1, 0.15) is 23.3 Å². The molecule has 6 heteroatoms. The molecule has 114 valence electrons. The van der Waals surface area contributed by atoms with Crippen molar-refractivity contribution in [2.75, 3.05) is 35.0 Å². The predicted octanol–water partition coefficient (Wildman–Crippen LogP) is 1.15. The van der Waals surface area contributed by atoms with E-state index in [0.717, 1.165) is 0 Å². The van der Waals surface area contributed by atoms with Crippen molar-refractivity contribution in [1.29, 1.82) is 0 Å². The summed E-state index contributed by atoms with van der Waals surface area (Å²) < 4.78 is 20.6. The van der Waals surface area contributed by atoms with Crippen LogP contribution in [0.15, 0.2) is 12.1 Å². The summed E-state index contributed by atoms with van der Waals surface area (Å²) >= 11 is 0. The molecule has 0 bridgehead atoms. The zero-order chi connectivity index (χ0) is 15.8. The van der Waals surface area contributed by atoms with Crippen molar-refractivity contribution in [1.82, 2.24) is 5.32 Å². The number of hydrogen-bond donors (Lipinski definition) is 1. The zero-order valence-corrected chi connectivity index (χ0v) is 12.6. The first-order valence-electron chi connectivity index (χ1n) is 6.17. The van der Waals surface area contributed by atoms with E-state index in [1.54, 1.807) is 12.1 Å². The Bertz CT molecular complexity index is 510. The van der Waals surface area contributed by atoms with Crippen LogP contribution in [0.25, 0.3) is 0 Å². The lowest BCUT2D eigenvalue weighted by Crippen LogP contribution is -2.30. The average molecular weight is 293 g/mol. The van der Waals surface area contributed by atoms with E-state index >= 15 is 0 Å². The fraction of sp³-hybridized carbons (Fsp3) is 0.400. The Hall–Kier alpha value is -2.39. The molecule has 0 heterocycles. The first kappa shape index (κ1) is 16.7. The highest BCUT2D eigenvalue weighted by molar-refractivity contribution is 5.80. The van der Waals surface area contributed by atoms with Gasteiger partial charge in [0.25, 0.3) is 0 Å². The quantitative estimate of drug-likeness (QED) is 0.601. The van der Waals surface area contributed by atoms with Crippen molar-refractivity contribution >= 4 is 5.97 Å². The van der Waals surface area contributed by atoms with E-state index in [9.17, 15) is 4.79 Å². The first-order chi connectivity index (χ1) is 10.1. The van der Waals surface area contributed by atoms with Gasteiger partial charge in [-0.25, -0.2) is 4.79 Å². The minimum absolute atomic E-state index is 0.193. The number of nitrogens with one attached hydrogen (secondary N) is 1. The van der Waals surface area contributed by atoms with Crippen LogP contribution in [0.1, 0.15) is 11.6 Å². The molecule has 1 aromatic rings. The molecule has 0 amide bonds. The SMILES string of the molecule is C#CCNC(C(=O)OC)c1c(OC)cc(OC)cc1OC. The molecule has 1 rings (SSSR count).